The van der Waals surface area contributed by atoms with Crippen LogP contribution in [-0.4, -0.2) is 23.5 Å². The average Bonchev–Trinajstić information content (AvgIpc) is 2.35. The molecule has 0 aromatic heterocycles. The summed E-state index contributed by atoms with van der Waals surface area (Å²) in [6, 6.07) is 9.11. The van der Waals surface area contributed by atoms with Crippen molar-refractivity contribution in [3.8, 4) is 11.8 Å². The van der Waals surface area contributed by atoms with Gasteiger partial charge in [-0.05, 0) is 26.0 Å². The first kappa shape index (κ1) is 13.8. The van der Waals surface area contributed by atoms with Crippen molar-refractivity contribution in [2.24, 2.45) is 5.41 Å². The van der Waals surface area contributed by atoms with Crippen molar-refractivity contribution in [3.05, 3.63) is 35.9 Å². The van der Waals surface area contributed by atoms with Gasteiger partial charge in [-0.1, -0.05) is 24.1 Å². The van der Waals surface area contributed by atoms with Gasteiger partial charge in [0.15, 0.2) is 0 Å². The van der Waals surface area contributed by atoms with Crippen LogP contribution in [0.4, 0.5) is 0 Å². The second kappa shape index (κ2) is 5.87. The van der Waals surface area contributed by atoms with Gasteiger partial charge >= 0.3 is 5.97 Å². The Morgan fingerprint density at radius 2 is 1.89 bits per heavy atom. The van der Waals surface area contributed by atoms with Crippen LogP contribution in [0.5, 0.6) is 0 Å². The van der Waals surface area contributed by atoms with Crippen molar-refractivity contribution in [2.75, 3.05) is 6.54 Å². The van der Waals surface area contributed by atoms with Crippen molar-refractivity contribution in [2.45, 2.75) is 13.8 Å². The van der Waals surface area contributed by atoms with Gasteiger partial charge in [-0.25, -0.2) is 0 Å². The van der Waals surface area contributed by atoms with Crippen molar-refractivity contribution in [1.29, 1.82) is 0 Å². The zero-order valence-electron chi connectivity index (χ0n) is 10.4. The quantitative estimate of drug-likeness (QED) is 0.788. The maximum Gasteiger partial charge on any atom is 0.310 e. The minimum absolute atomic E-state index is 0.0463. The zero-order chi connectivity index (χ0) is 13.6. The van der Waals surface area contributed by atoms with Gasteiger partial charge in [0.25, 0.3) is 5.91 Å². The van der Waals surface area contributed by atoms with Gasteiger partial charge in [-0.3, -0.25) is 9.59 Å². The molecule has 0 fully saturated rings. The summed E-state index contributed by atoms with van der Waals surface area (Å²) in [5, 5.41) is 11.4. The number of amides is 1. The van der Waals surface area contributed by atoms with Crippen molar-refractivity contribution < 1.29 is 14.7 Å². The van der Waals surface area contributed by atoms with Crippen LogP contribution in [0.1, 0.15) is 19.4 Å². The van der Waals surface area contributed by atoms with Crippen molar-refractivity contribution >= 4 is 11.9 Å². The Labute approximate surface area is 106 Å². The predicted octanol–water partition coefficient (Wildman–Crippen LogP) is 1.27. The Bertz CT molecular complexity index is 495. The second-order valence-electron chi connectivity index (χ2n) is 4.49. The Kier molecular flexibility index (Phi) is 4.50. The van der Waals surface area contributed by atoms with Gasteiger partial charge < -0.3 is 10.4 Å². The van der Waals surface area contributed by atoms with E-state index in [-0.39, 0.29) is 6.54 Å². The fraction of sp³-hybridized carbons (Fsp3) is 0.286. The zero-order valence-corrected chi connectivity index (χ0v) is 10.4. The first-order valence-corrected chi connectivity index (χ1v) is 5.50. The highest BCUT2D eigenvalue weighted by atomic mass is 16.4. The number of rotatable bonds is 3. The van der Waals surface area contributed by atoms with E-state index in [1.54, 1.807) is 26.0 Å². The molecule has 1 aromatic rings. The fourth-order valence-corrected chi connectivity index (χ4v) is 1.07. The molecule has 0 radical (unpaired) electrons. The summed E-state index contributed by atoms with van der Waals surface area (Å²) in [5.74, 6) is 3.68. The summed E-state index contributed by atoms with van der Waals surface area (Å²) in [4.78, 5) is 22.2. The van der Waals surface area contributed by atoms with Gasteiger partial charge in [-0.15, -0.1) is 0 Å². The number of carboxylic acids is 1. The summed E-state index contributed by atoms with van der Waals surface area (Å²) >= 11 is 0. The lowest BCUT2D eigenvalue weighted by atomic mass is 9.94. The summed E-state index contributed by atoms with van der Waals surface area (Å²) in [6.07, 6.45) is 0. The average molecular weight is 245 g/mol. The van der Waals surface area contributed by atoms with Gasteiger partial charge in [0, 0.05) is 18.0 Å². The van der Waals surface area contributed by atoms with Gasteiger partial charge in [-0.2, -0.15) is 0 Å². The normalized spacial score (nSPS) is 10.1. The van der Waals surface area contributed by atoms with Gasteiger partial charge in [0.05, 0.1) is 5.41 Å². The molecule has 0 atom stereocenters. The number of hydrogen-bond donors (Lipinski definition) is 2. The number of carbonyl (C=O) groups excluding carboxylic acids is 1. The Balaban J connectivity index is 2.54. The highest BCUT2D eigenvalue weighted by Crippen LogP contribution is 2.12. The van der Waals surface area contributed by atoms with E-state index in [9.17, 15) is 9.59 Å². The van der Waals surface area contributed by atoms with E-state index in [4.69, 9.17) is 5.11 Å². The minimum Gasteiger partial charge on any atom is -0.481 e. The number of carbonyl (C=O) groups is 2. The van der Waals surface area contributed by atoms with Crippen LogP contribution in [0.3, 0.4) is 0 Å². The van der Waals surface area contributed by atoms with Crippen molar-refractivity contribution in [3.63, 3.8) is 0 Å². The molecular formula is C14H15NO3. The van der Waals surface area contributed by atoms with E-state index in [0.29, 0.717) is 0 Å². The smallest absolute Gasteiger partial charge is 0.310 e. The van der Waals surface area contributed by atoms with E-state index in [1.165, 1.54) is 0 Å². The van der Waals surface area contributed by atoms with Crippen LogP contribution in [0.2, 0.25) is 0 Å². The second-order valence-corrected chi connectivity index (χ2v) is 4.49. The molecule has 0 aliphatic carbocycles. The number of carboxylic acid groups (broad SMARTS) is 1. The molecule has 4 nitrogen and oxygen atoms in total. The first-order valence-electron chi connectivity index (χ1n) is 5.50. The van der Waals surface area contributed by atoms with E-state index in [1.807, 2.05) is 18.2 Å². The molecule has 94 valence electrons. The molecule has 1 amide bonds. The summed E-state index contributed by atoms with van der Waals surface area (Å²) < 4.78 is 0. The largest absolute Gasteiger partial charge is 0.481 e. The summed E-state index contributed by atoms with van der Waals surface area (Å²) in [7, 11) is 0. The SMILES string of the molecule is CC(C)(CNC(=O)C#Cc1ccccc1)C(=O)O. The first-order chi connectivity index (χ1) is 8.42. The third-order valence-corrected chi connectivity index (χ3v) is 2.36. The van der Waals surface area contributed by atoms with Crippen LogP contribution in [0.25, 0.3) is 0 Å². The maximum absolute atomic E-state index is 11.4. The molecule has 0 bridgehead atoms. The number of hydrogen-bond acceptors (Lipinski definition) is 2. The molecule has 0 saturated heterocycles. The molecule has 0 aliphatic rings. The van der Waals surface area contributed by atoms with E-state index in [2.05, 4.69) is 17.2 Å². The molecule has 1 rings (SSSR count). The lowest BCUT2D eigenvalue weighted by Crippen LogP contribution is -2.38. The molecule has 1 aromatic carbocycles. The van der Waals surface area contributed by atoms with Crippen LogP contribution >= 0.6 is 0 Å². The molecule has 4 heteroatoms. The van der Waals surface area contributed by atoms with E-state index in [0.717, 1.165) is 5.56 Å². The van der Waals surface area contributed by atoms with Crippen LogP contribution in [-0.2, 0) is 9.59 Å². The predicted molar refractivity (Wildman–Crippen MR) is 67.7 cm³/mol. The lowest BCUT2D eigenvalue weighted by molar-refractivity contribution is -0.146. The number of benzene rings is 1. The molecule has 18 heavy (non-hydrogen) atoms. The summed E-state index contributed by atoms with van der Waals surface area (Å²) in [5.41, 5.74) is -0.255. The third kappa shape index (κ3) is 4.30. The highest BCUT2D eigenvalue weighted by molar-refractivity contribution is 5.94. The monoisotopic (exact) mass is 245 g/mol. The number of nitrogens with one attached hydrogen (secondary N) is 1. The Morgan fingerprint density at radius 1 is 1.28 bits per heavy atom. The molecule has 0 saturated carbocycles. The van der Waals surface area contributed by atoms with Gasteiger partial charge in [0.2, 0.25) is 0 Å². The number of aliphatic carboxylic acids is 1. The Hall–Kier alpha value is -2.28. The Morgan fingerprint density at radius 3 is 2.44 bits per heavy atom. The topological polar surface area (TPSA) is 66.4 Å². The maximum atomic E-state index is 11.4. The minimum atomic E-state index is -0.996. The lowest BCUT2D eigenvalue weighted by Gasteiger charge is -2.18. The molecular weight excluding hydrogens is 230 g/mol. The molecule has 0 spiro atoms. The van der Waals surface area contributed by atoms with Crippen LogP contribution in [0, 0.1) is 17.3 Å². The van der Waals surface area contributed by atoms with Gasteiger partial charge in [0.1, 0.15) is 0 Å². The van der Waals surface area contributed by atoms with Crippen LogP contribution in [0.15, 0.2) is 30.3 Å². The molecule has 0 unspecified atom stereocenters. The molecule has 2 N–H and O–H groups in total. The fourth-order valence-electron chi connectivity index (χ4n) is 1.07. The molecule has 0 aliphatic heterocycles. The van der Waals surface area contributed by atoms with E-state index < -0.39 is 17.3 Å². The third-order valence-electron chi connectivity index (χ3n) is 2.36. The van der Waals surface area contributed by atoms with Crippen LogP contribution < -0.4 is 5.32 Å². The summed E-state index contributed by atoms with van der Waals surface area (Å²) in [6.45, 7) is 3.13. The molecule has 0 heterocycles. The highest BCUT2D eigenvalue weighted by Gasteiger charge is 2.27. The van der Waals surface area contributed by atoms with Crippen molar-refractivity contribution in [1.82, 2.24) is 5.32 Å². The standard InChI is InChI=1S/C14H15NO3/c1-14(2,13(17)18)10-15-12(16)9-8-11-6-4-3-5-7-11/h3-7H,10H2,1-2H3,(H,15,16)(H,17,18). The van der Waals surface area contributed by atoms with E-state index >= 15 is 0 Å².